The summed E-state index contributed by atoms with van der Waals surface area (Å²) in [4.78, 5) is 14.0. The molecule has 0 radical (unpaired) electrons. The maximum absolute atomic E-state index is 11.9. The summed E-state index contributed by atoms with van der Waals surface area (Å²) >= 11 is 0. The minimum atomic E-state index is -0.0858. The molecular weight excluding hydrogens is 300 g/mol. The standard InChI is InChI=1S/C20H26N2O2/c1-16-10-11-19(17(2)14-16)24-15-20(23)21-12-7-13-22(3)18-8-5-4-6-9-18/h4-6,8-11,14H,7,12-13,15H2,1-3H3,(H,21,23). The molecule has 2 rings (SSSR count). The lowest BCUT2D eigenvalue weighted by atomic mass is 10.1. The lowest BCUT2D eigenvalue weighted by Gasteiger charge is -2.19. The fraction of sp³-hybridized carbons (Fsp3) is 0.350. The highest BCUT2D eigenvalue weighted by molar-refractivity contribution is 5.77. The Labute approximate surface area is 144 Å². The topological polar surface area (TPSA) is 41.6 Å². The van der Waals surface area contributed by atoms with Crippen molar-refractivity contribution in [3.63, 3.8) is 0 Å². The number of carbonyl (C=O) groups excluding carboxylic acids is 1. The zero-order valence-electron chi connectivity index (χ0n) is 14.7. The first kappa shape index (κ1) is 17.9. The van der Waals surface area contributed by atoms with Crippen LogP contribution in [0.3, 0.4) is 0 Å². The molecule has 0 aliphatic heterocycles. The van der Waals surface area contributed by atoms with Gasteiger partial charge in [0.2, 0.25) is 0 Å². The van der Waals surface area contributed by atoms with E-state index in [1.54, 1.807) is 0 Å². The quantitative estimate of drug-likeness (QED) is 0.757. The molecule has 128 valence electrons. The van der Waals surface area contributed by atoms with E-state index in [1.807, 2.05) is 50.2 Å². The molecule has 0 heterocycles. The van der Waals surface area contributed by atoms with Gasteiger partial charge < -0.3 is 15.0 Å². The van der Waals surface area contributed by atoms with Gasteiger partial charge in [0.1, 0.15) is 5.75 Å². The van der Waals surface area contributed by atoms with Gasteiger partial charge in [0.05, 0.1) is 0 Å². The number of nitrogens with one attached hydrogen (secondary N) is 1. The molecule has 0 atom stereocenters. The van der Waals surface area contributed by atoms with Gasteiger partial charge in [-0.05, 0) is 44.0 Å². The van der Waals surface area contributed by atoms with Crippen LogP contribution < -0.4 is 15.0 Å². The molecular formula is C20H26N2O2. The van der Waals surface area contributed by atoms with Crippen molar-refractivity contribution < 1.29 is 9.53 Å². The highest BCUT2D eigenvalue weighted by Crippen LogP contribution is 2.18. The van der Waals surface area contributed by atoms with Crippen molar-refractivity contribution in [2.75, 3.05) is 31.6 Å². The van der Waals surface area contributed by atoms with E-state index >= 15 is 0 Å². The van der Waals surface area contributed by atoms with Crippen molar-refractivity contribution in [3.05, 3.63) is 59.7 Å². The van der Waals surface area contributed by atoms with Crippen molar-refractivity contribution in [2.45, 2.75) is 20.3 Å². The zero-order valence-corrected chi connectivity index (χ0v) is 14.7. The average molecular weight is 326 g/mol. The van der Waals surface area contributed by atoms with E-state index in [0.29, 0.717) is 6.54 Å². The highest BCUT2D eigenvalue weighted by atomic mass is 16.5. The molecule has 0 unspecified atom stereocenters. The van der Waals surface area contributed by atoms with Crippen LogP contribution in [0.4, 0.5) is 5.69 Å². The maximum atomic E-state index is 11.9. The van der Waals surface area contributed by atoms with Crippen molar-refractivity contribution in [3.8, 4) is 5.75 Å². The first-order chi connectivity index (χ1) is 11.6. The molecule has 24 heavy (non-hydrogen) atoms. The molecule has 0 fully saturated rings. The van der Waals surface area contributed by atoms with E-state index in [0.717, 1.165) is 24.3 Å². The van der Waals surface area contributed by atoms with Gasteiger partial charge in [-0.15, -0.1) is 0 Å². The van der Waals surface area contributed by atoms with E-state index in [9.17, 15) is 4.79 Å². The van der Waals surface area contributed by atoms with E-state index in [-0.39, 0.29) is 12.5 Å². The Morgan fingerprint density at radius 3 is 2.58 bits per heavy atom. The Hall–Kier alpha value is -2.49. The molecule has 4 heteroatoms. The Morgan fingerprint density at radius 1 is 1.12 bits per heavy atom. The highest BCUT2D eigenvalue weighted by Gasteiger charge is 2.05. The van der Waals surface area contributed by atoms with Crippen LogP contribution in [0.2, 0.25) is 0 Å². The second kappa shape index (κ2) is 8.96. The molecule has 0 saturated carbocycles. The molecule has 0 aliphatic rings. The van der Waals surface area contributed by atoms with Crippen LogP contribution in [0, 0.1) is 13.8 Å². The van der Waals surface area contributed by atoms with Gasteiger partial charge in [0.25, 0.3) is 5.91 Å². The number of ether oxygens (including phenoxy) is 1. The van der Waals surface area contributed by atoms with E-state index < -0.39 is 0 Å². The summed E-state index contributed by atoms with van der Waals surface area (Å²) < 4.78 is 5.58. The number of para-hydroxylation sites is 1. The van der Waals surface area contributed by atoms with Crippen LogP contribution in [0.1, 0.15) is 17.5 Å². The second-order valence-corrected chi connectivity index (χ2v) is 6.02. The van der Waals surface area contributed by atoms with Crippen LogP contribution in [-0.4, -0.2) is 32.7 Å². The molecule has 2 aromatic carbocycles. The Kier molecular flexibility index (Phi) is 6.67. The van der Waals surface area contributed by atoms with E-state index in [1.165, 1.54) is 11.3 Å². The number of aryl methyl sites for hydroxylation is 2. The number of carbonyl (C=O) groups is 1. The molecule has 0 bridgehead atoms. The van der Waals surface area contributed by atoms with Crippen LogP contribution in [0.15, 0.2) is 48.5 Å². The van der Waals surface area contributed by atoms with Gasteiger partial charge in [-0.25, -0.2) is 0 Å². The second-order valence-electron chi connectivity index (χ2n) is 6.02. The van der Waals surface area contributed by atoms with Crippen LogP contribution in [-0.2, 0) is 4.79 Å². The molecule has 2 aromatic rings. The Balaban J connectivity index is 1.65. The molecule has 0 aliphatic carbocycles. The first-order valence-electron chi connectivity index (χ1n) is 8.29. The third-order valence-electron chi connectivity index (χ3n) is 3.88. The zero-order chi connectivity index (χ0) is 17.4. The number of rotatable bonds is 8. The number of hydrogen-bond acceptors (Lipinski definition) is 3. The van der Waals surface area contributed by atoms with Crippen molar-refractivity contribution in [1.82, 2.24) is 5.32 Å². The fourth-order valence-electron chi connectivity index (χ4n) is 2.51. The summed E-state index contributed by atoms with van der Waals surface area (Å²) in [5, 5.41) is 2.90. The van der Waals surface area contributed by atoms with Crippen molar-refractivity contribution in [2.24, 2.45) is 0 Å². The largest absolute Gasteiger partial charge is 0.484 e. The Morgan fingerprint density at radius 2 is 1.88 bits per heavy atom. The minimum Gasteiger partial charge on any atom is -0.484 e. The summed E-state index contributed by atoms with van der Waals surface area (Å²) in [6.45, 7) is 5.61. The normalized spacial score (nSPS) is 10.3. The van der Waals surface area contributed by atoms with Gasteiger partial charge in [-0.3, -0.25) is 4.79 Å². The van der Waals surface area contributed by atoms with Gasteiger partial charge >= 0.3 is 0 Å². The lowest BCUT2D eigenvalue weighted by Crippen LogP contribution is -2.31. The van der Waals surface area contributed by atoms with E-state index in [2.05, 4.69) is 29.4 Å². The van der Waals surface area contributed by atoms with Crippen molar-refractivity contribution >= 4 is 11.6 Å². The van der Waals surface area contributed by atoms with E-state index in [4.69, 9.17) is 4.74 Å². The van der Waals surface area contributed by atoms with Gasteiger partial charge in [-0.1, -0.05) is 35.9 Å². The summed E-state index contributed by atoms with van der Waals surface area (Å²) in [6.07, 6.45) is 0.890. The monoisotopic (exact) mass is 326 g/mol. The summed E-state index contributed by atoms with van der Waals surface area (Å²) in [6, 6.07) is 16.2. The summed E-state index contributed by atoms with van der Waals surface area (Å²) in [5.74, 6) is 0.678. The van der Waals surface area contributed by atoms with Crippen LogP contribution >= 0.6 is 0 Å². The molecule has 4 nitrogen and oxygen atoms in total. The van der Waals surface area contributed by atoms with Gasteiger partial charge in [0, 0.05) is 25.8 Å². The van der Waals surface area contributed by atoms with Crippen LogP contribution in [0.25, 0.3) is 0 Å². The number of benzene rings is 2. The number of hydrogen-bond donors (Lipinski definition) is 1. The van der Waals surface area contributed by atoms with Crippen molar-refractivity contribution in [1.29, 1.82) is 0 Å². The minimum absolute atomic E-state index is 0.0540. The molecule has 0 aromatic heterocycles. The third kappa shape index (κ3) is 5.61. The number of anilines is 1. The molecule has 1 amide bonds. The molecule has 0 spiro atoms. The first-order valence-corrected chi connectivity index (χ1v) is 8.29. The SMILES string of the molecule is Cc1ccc(OCC(=O)NCCCN(C)c2ccccc2)c(C)c1. The Bertz CT molecular complexity index is 656. The average Bonchev–Trinajstić information content (AvgIpc) is 2.58. The predicted molar refractivity (Wildman–Crippen MR) is 98.7 cm³/mol. The smallest absolute Gasteiger partial charge is 0.257 e. The molecule has 0 saturated heterocycles. The predicted octanol–water partition coefficient (Wildman–Crippen LogP) is 3.32. The number of amides is 1. The van der Waals surface area contributed by atoms with Gasteiger partial charge in [0.15, 0.2) is 6.61 Å². The fourth-order valence-corrected chi connectivity index (χ4v) is 2.51. The summed E-state index contributed by atoms with van der Waals surface area (Å²) in [5.41, 5.74) is 3.42. The van der Waals surface area contributed by atoms with Crippen LogP contribution in [0.5, 0.6) is 5.75 Å². The third-order valence-corrected chi connectivity index (χ3v) is 3.88. The summed E-state index contributed by atoms with van der Waals surface area (Å²) in [7, 11) is 2.06. The number of nitrogens with zero attached hydrogens (tertiary/aromatic N) is 1. The lowest BCUT2D eigenvalue weighted by molar-refractivity contribution is -0.123. The van der Waals surface area contributed by atoms with Gasteiger partial charge in [-0.2, -0.15) is 0 Å². The maximum Gasteiger partial charge on any atom is 0.257 e. The molecule has 1 N–H and O–H groups in total.